The van der Waals surface area contributed by atoms with Gasteiger partial charge in [0.2, 0.25) is 5.91 Å². The lowest BCUT2D eigenvalue weighted by atomic mass is 10.2. The molecule has 0 saturated carbocycles. The van der Waals surface area contributed by atoms with Crippen molar-refractivity contribution in [2.24, 2.45) is 4.99 Å². The zero-order valence-corrected chi connectivity index (χ0v) is 17.8. The number of thioether (sulfide) groups is 1. The highest BCUT2D eigenvalue weighted by Gasteiger charge is 2.17. The highest BCUT2D eigenvalue weighted by molar-refractivity contribution is 8.14. The molecule has 2 aliphatic heterocycles. The zero-order chi connectivity index (χ0) is 20.6. The molecule has 30 heavy (non-hydrogen) atoms. The van der Waals surface area contributed by atoms with Gasteiger partial charge in [0.25, 0.3) is 0 Å². The minimum absolute atomic E-state index is 0.0627. The lowest BCUT2D eigenvalue weighted by Gasteiger charge is -2.23. The van der Waals surface area contributed by atoms with Crippen molar-refractivity contribution >= 4 is 34.2 Å². The molecule has 2 aliphatic rings. The summed E-state index contributed by atoms with van der Waals surface area (Å²) in [7, 11) is 0. The molecule has 1 fully saturated rings. The van der Waals surface area contributed by atoms with Crippen LogP contribution in [0.2, 0.25) is 0 Å². The Kier molecular flexibility index (Phi) is 7.13. The number of nitrogens with zero attached hydrogens (tertiary/aromatic N) is 2. The number of benzene rings is 2. The van der Waals surface area contributed by atoms with Crippen molar-refractivity contribution in [1.29, 1.82) is 0 Å². The minimum atomic E-state index is -0.0627. The van der Waals surface area contributed by atoms with E-state index in [1.807, 2.05) is 48.5 Å². The van der Waals surface area contributed by atoms with Crippen molar-refractivity contribution in [2.45, 2.75) is 25.7 Å². The van der Waals surface area contributed by atoms with E-state index in [-0.39, 0.29) is 5.91 Å². The van der Waals surface area contributed by atoms with Crippen LogP contribution in [0, 0.1) is 0 Å². The fourth-order valence-electron chi connectivity index (χ4n) is 3.52. The van der Waals surface area contributed by atoms with Crippen LogP contribution in [0.3, 0.4) is 0 Å². The van der Waals surface area contributed by atoms with Gasteiger partial charge in [-0.1, -0.05) is 42.8 Å². The Labute approximate surface area is 181 Å². The minimum Gasteiger partial charge on any atom is -0.486 e. The van der Waals surface area contributed by atoms with Gasteiger partial charge in [-0.15, -0.1) is 0 Å². The van der Waals surface area contributed by atoms with Gasteiger partial charge in [-0.2, -0.15) is 0 Å². The number of aliphatic imine (C=N–C) groups is 1. The van der Waals surface area contributed by atoms with E-state index < -0.39 is 0 Å². The van der Waals surface area contributed by atoms with Crippen LogP contribution >= 0.6 is 11.8 Å². The highest BCUT2D eigenvalue weighted by Crippen LogP contribution is 2.32. The summed E-state index contributed by atoms with van der Waals surface area (Å²) in [5.41, 5.74) is 1.62. The van der Waals surface area contributed by atoms with Crippen molar-refractivity contribution in [2.75, 3.05) is 37.4 Å². The fourth-order valence-corrected chi connectivity index (χ4v) is 4.38. The second-order valence-electron chi connectivity index (χ2n) is 7.33. The summed E-state index contributed by atoms with van der Waals surface area (Å²) < 4.78 is 11.1. The number of carbonyl (C=O) groups is 1. The Morgan fingerprint density at radius 2 is 1.70 bits per heavy atom. The highest BCUT2D eigenvalue weighted by atomic mass is 32.2. The molecule has 6 nitrogen and oxygen atoms in total. The molecule has 1 N–H and O–H groups in total. The Hall–Kier alpha value is -2.67. The fraction of sp³-hybridized carbons (Fsp3) is 0.391. The summed E-state index contributed by atoms with van der Waals surface area (Å²) in [6.07, 6.45) is 4.84. The van der Waals surface area contributed by atoms with Crippen LogP contribution in [-0.4, -0.2) is 48.0 Å². The van der Waals surface area contributed by atoms with Crippen LogP contribution in [0.5, 0.6) is 11.5 Å². The summed E-state index contributed by atoms with van der Waals surface area (Å²) in [5, 5.41) is 3.87. The Bertz CT molecular complexity index is 881. The van der Waals surface area contributed by atoms with Gasteiger partial charge >= 0.3 is 0 Å². The molecule has 0 atom stereocenters. The number of carbonyl (C=O) groups excluding carboxylic acids is 1. The molecule has 0 bridgehead atoms. The quantitative estimate of drug-likeness (QED) is 0.569. The molecule has 1 amide bonds. The number of hydrogen-bond donors (Lipinski definition) is 1. The SMILES string of the molecule is O=C(CSC(=Nc1ccccc1)N1CCCCCC1)Nc1ccc2c(c1)OCCO2. The van der Waals surface area contributed by atoms with Crippen LogP contribution < -0.4 is 14.8 Å². The predicted molar refractivity (Wildman–Crippen MR) is 122 cm³/mol. The second-order valence-corrected chi connectivity index (χ2v) is 8.27. The maximum absolute atomic E-state index is 12.6. The Balaban J connectivity index is 1.41. The number of amides is 1. The molecule has 0 spiro atoms. The van der Waals surface area contributed by atoms with E-state index in [9.17, 15) is 4.79 Å². The molecule has 0 aromatic heterocycles. The van der Waals surface area contributed by atoms with Gasteiger partial charge in [-0.25, -0.2) is 4.99 Å². The Morgan fingerprint density at radius 3 is 2.47 bits per heavy atom. The van der Waals surface area contributed by atoms with E-state index >= 15 is 0 Å². The number of ether oxygens (including phenoxy) is 2. The summed E-state index contributed by atoms with van der Waals surface area (Å²) >= 11 is 1.50. The van der Waals surface area contributed by atoms with Crippen molar-refractivity contribution in [1.82, 2.24) is 4.90 Å². The number of amidine groups is 1. The lowest BCUT2D eigenvalue weighted by molar-refractivity contribution is -0.113. The normalized spacial score (nSPS) is 16.7. The van der Waals surface area contributed by atoms with Gasteiger partial charge in [-0.05, 0) is 37.1 Å². The van der Waals surface area contributed by atoms with Crippen molar-refractivity contribution in [3.8, 4) is 11.5 Å². The van der Waals surface area contributed by atoms with Crippen LogP contribution in [-0.2, 0) is 4.79 Å². The molecule has 4 rings (SSSR count). The maximum atomic E-state index is 12.6. The molecule has 1 saturated heterocycles. The molecule has 2 heterocycles. The van der Waals surface area contributed by atoms with E-state index in [4.69, 9.17) is 14.5 Å². The molecule has 2 aromatic carbocycles. The molecule has 0 aliphatic carbocycles. The number of likely N-dealkylation sites (tertiary alicyclic amines) is 1. The number of nitrogens with one attached hydrogen (secondary N) is 1. The largest absolute Gasteiger partial charge is 0.486 e. The van der Waals surface area contributed by atoms with Gasteiger partial charge < -0.3 is 19.7 Å². The number of hydrogen-bond acceptors (Lipinski definition) is 5. The predicted octanol–water partition coefficient (Wildman–Crippen LogP) is 4.69. The van der Waals surface area contributed by atoms with Crippen LogP contribution in [0.4, 0.5) is 11.4 Å². The van der Waals surface area contributed by atoms with Gasteiger partial charge in [0.15, 0.2) is 16.7 Å². The summed E-state index contributed by atoms with van der Waals surface area (Å²) in [6.45, 7) is 3.05. The monoisotopic (exact) mass is 425 g/mol. The summed E-state index contributed by atoms with van der Waals surface area (Å²) in [4.78, 5) is 19.8. The first-order valence-corrected chi connectivity index (χ1v) is 11.5. The smallest absolute Gasteiger partial charge is 0.234 e. The van der Waals surface area contributed by atoms with Crippen LogP contribution in [0.1, 0.15) is 25.7 Å². The van der Waals surface area contributed by atoms with Gasteiger partial charge in [-0.3, -0.25) is 4.79 Å². The number of anilines is 1. The van der Waals surface area contributed by atoms with Gasteiger partial charge in [0.1, 0.15) is 13.2 Å². The van der Waals surface area contributed by atoms with Gasteiger partial charge in [0.05, 0.1) is 11.4 Å². The zero-order valence-electron chi connectivity index (χ0n) is 17.0. The lowest BCUT2D eigenvalue weighted by Crippen LogP contribution is -2.31. The van der Waals surface area contributed by atoms with E-state index in [1.54, 1.807) is 0 Å². The molecular weight excluding hydrogens is 398 g/mol. The average molecular weight is 426 g/mol. The third-order valence-corrected chi connectivity index (χ3v) is 6.03. The summed E-state index contributed by atoms with van der Waals surface area (Å²) in [6, 6.07) is 15.4. The van der Waals surface area contributed by atoms with Gasteiger partial charge in [0, 0.05) is 24.8 Å². The molecule has 0 radical (unpaired) electrons. The number of para-hydroxylation sites is 1. The number of rotatable bonds is 4. The third kappa shape index (κ3) is 5.69. The first kappa shape index (κ1) is 20.6. The van der Waals surface area contributed by atoms with E-state index in [0.29, 0.717) is 36.2 Å². The summed E-state index contributed by atoms with van der Waals surface area (Å²) in [5.74, 6) is 1.62. The van der Waals surface area contributed by atoms with E-state index in [1.165, 1.54) is 24.6 Å². The number of fused-ring (bicyclic) bond motifs is 1. The topological polar surface area (TPSA) is 63.2 Å². The molecule has 2 aromatic rings. The molecular formula is C23H27N3O3S. The van der Waals surface area contributed by atoms with Crippen molar-refractivity contribution < 1.29 is 14.3 Å². The van der Waals surface area contributed by atoms with Crippen molar-refractivity contribution in [3.63, 3.8) is 0 Å². The van der Waals surface area contributed by atoms with Crippen LogP contribution in [0.15, 0.2) is 53.5 Å². The van der Waals surface area contributed by atoms with E-state index in [0.717, 1.165) is 36.8 Å². The molecule has 7 heteroatoms. The maximum Gasteiger partial charge on any atom is 0.234 e. The first-order chi connectivity index (χ1) is 14.8. The molecule has 158 valence electrons. The first-order valence-electron chi connectivity index (χ1n) is 10.5. The molecule has 0 unspecified atom stereocenters. The standard InChI is InChI=1S/C23H27N3O3S/c27-22(24-19-10-11-20-21(16-19)29-15-14-28-20)17-30-23(25-18-8-4-3-5-9-18)26-12-6-1-2-7-13-26/h3-5,8-11,16H,1-2,6-7,12-15,17H2,(H,24,27). The van der Waals surface area contributed by atoms with Crippen LogP contribution in [0.25, 0.3) is 0 Å². The average Bonchev–Trinajstić information content (AvgIpc) is 3.07. The third-order valence-electron chi connectivity index (χ3n) is 5.02. The van der Waals surface area contributed by atoms with E-state index in [2.05, 4.69) is 10.2 Å². The Morgan fingerprint density at radius 1 is 0.967 bits per heavy atom. The second kappa shape index (κ2) is 10.4. The van der Waals surface area contributed by atoms with Crippen molar-refractivity contribution in [3.05, 3.63) is 48.5 Å².